The second-order valence-electron chi connectivity index (χ2n) is 18.1. The molecule has 2 aliphatic heterocycles. The van der Waals surface area contributed by atoms with Crippen LogP contribution in [-0.4, -0.2) is 12.5 Å². The zero-order valence-electron chi connectivity index (χ0n) is 37.0. The van der Waals surface area contributed by atoms with Gasteiger partial charge in [-0.3, -0.25) is 4.79 Å². The number of fused-ring (bicyclic) bond motifs is 2. The number of rotatable bonds is 8. The number of nitrogens with zero attached hydrogens (tertiary/aromatic N) is 3. The van der Waals surface area contributed by atoms with E-state index in [1.54, 1.807) is 0 Å². The van der Waals surface area contributed by atoms with Gasteiger partial charge in [0.2, 0.25) is 5.91 Å². The fraction of sp³-hybridized carbons (Fsp3) is 0.309. The van der Waals surface area contributed by atoms with Gasteiger partial charge in [0.05, 0.1) is 10.8 Å². The zero-order chi connectivity index (χ0) is 42.1. The molecule has 5 heteroatoms. The van der Waals surface area contributed by atoms with Gasteiger partial charge in [-0.25, -0.2) is 0 Å². The van der Waals surface area contributed by atoms with Crippen molar-refractivity contribution in [3.05, 3.63) is 202 Å². The van der Waals surface area contributed by atoms with Crippen LogP contribution in [0, 0.1) is 12.1 Å². The van der Waals surface area contributed by atoms with Crippen LogP contribution in [0.1, 0.15) is 137 Å². The molecule has 0 saturated carbocycles. The Morgan fingerprint density at radius 3 is 1.27 bits per heavy atom. The minimum absolute atomic E-state index is 0. The second-order valence-corrected chi connectivity index (χ2v) is 18.1. The summed E-state index contributed by atoms with van der Waals surface area (Å²) in [6.45, 7) is 24.8. The van der Waals surface area contributed by atoms with Crippen molar-refractivity contribution in [2.24, 2.45) is 5.41 Å². The molecule has 0 atom stereocenters. The maximum atomic E-state index is 13.9. The maximum Gasteiger partial charge on any atom is 2.00 e. The molecule has 0 N–H and O–H groups in total. The zero-order valence-corrected chi connectivity index (χ0v) is 37.9. The van der Waals surface area contributed by atoms with Gasteiger partial charge in [0.1, 0.15) is 0 Å². The van der Waals surface area contributed by atoms with Crippen LogP contribution in [0.4, 0.5) is 22.7 Å². The standard InChI is InChI=1S/C30H43N2O.C25H18N.Cu/c1-19(2)23-13-11-14-24(20(3)4)27(23)31-17-30(9,10)29(33)32(18-31)28-25(21(5)6)15-12-16-26(28)22(7)8;1-3-11-19(12-4-1)25(20-13-5-2-6-14-20)21-15-7-9-17-23(21)26-24-18-10-8-16-22(24)25;/h11-16,18-22H,17H2,1-10H3;1-18H;/q2*-1;+2. The SMILES string of the molecule is CC(C)c1cccc(C(C)C)c1N1[CH-]N(c2c(C(C)C)cccc2C(C)C)C(=O)C(C)(C)C1.[Cu+2].c1ccc(C2(c3ccccc3)c3ccccc3[N-]c3ccccc32)cc1. The van der Waals surface area contributed by atoms with Gasteiger partial charge >= 0.3 is 17.1 Å². The van der Waals surface area contributed by atoms with Crippen LogP contribution < -0.4 is 9.80 Å². The molecule has 2 aliphatic rings. The van der Waals surface area contributed by atoms with Crippen molar-refractivity contribution in [3.63, 3.8) is 0 Å². The van der Waals surface area contributed by atoms with Gasteiger partial charge in [-0.05, 0) is 82.0 Å². The van der Waals surface area contributed by atoms with Crippen molar-refractivity contribution in [3.8, 4) is 0 Å². The normalized spacial score (nSPS) is 15.2. The van der Waals surface area contributed by atoms with Gasteiger partial charge in [-0.2, -0.15) is 0 Å². The van der Waals surface area contributed by atoms with E-state index in [0.29, 0.717) is 30.2 Å². The maximum absolute atomic E-state index is 13.9. The van der Waals surface area contributed by atoms with Crippen LogP contribution in [0.3, 0.4) is 0 Å². The Bertz CT molecular complexity index is 2260. The van der Waals surface area contributed by atoms with Gasteiger partial charge in [0.15, 0.2) is 0 Å². The van der Waals surface area contributed by atoms with E-state index in [4.69, 9.17) is 5.32 Å². The minimum Gasteiger partial charge on any atom is -0.657 e. The van der Waals surface area contributed by atoms with E-state index < -0.39 is 5.41 Å². The van der Waals surface area contributed by atoms with Crippen LogP contribution in [0.5, 0.6) is 0 Å². The summed E-state index contributed by atoms with van der Waals surface area (Å²) < 4.78 is 0. The van der Waals surface area contributed by atoms with Crippen LogP contribution in [0.2, 0.25) is 0 Å². The first-order valence-corrected chi connectivity index (χ1v) is 21.5. The number of para-hydroxylation sites is 4. The summed E-state index contributed by atoms with van der Waals surface area (Å²) in [5, 5.41) is 4.96. The third-order valence-electron chi connectivity index (χ3n) is 12.1. The molecular weight excluding hydrogens is 782 g/mol. The van der Waals surface area contributed by atoms with Gasteiger partial charge < -0.3 is 15.1 Å². The van der Waals surface area contributed by atoms with E-state index in [9.17, 15) is 4.79 Å². The van der Waals surface area contributed by atoms with E-state index in [2.05, 4.69) is 226 Å². The topological polar surface area (TPSA) is 37.7 Å². The summed E-state index contributed by atoms with van der Waals surface area (Å²) in [6.07, 6.45) is 0. The first-order chi connectivity index (χ1) is 28.3. The second kappa shape index (κ2) is 18.3. The molecule has 0 bridgehead atoms. The fourth-order valence-corrected chi connectivity index (χ4v) is 9.20. The molecule has 0 aliphatic carbocycles. The van der Waals surface area contributed by atoms with Gasteiger partial charge in [0, 0.05) is 17.9 Å². The van der Waals surface area contributed by atoms with E-state index in [1.165, 1.54) is 50.2 Å². The molecule has 0 unspecified atom stereocenters. The average molecular weight is 844 g/mol. The third-order valence-corrected chi connectivity index (χ3v) is 12.1. The van der Waals surface area contributed by atoms with Crippen LogP contribution >= 0.6 is 0 Å². The summed E-state index contributed by atoms with van der Waals surface area (Å²) in [4.78, 5) is 18.2. The number of hydrogen-bond acceptors (Lipinski definition) is 2. The van der Waals surface area contributed by atoms with E-state index >= 15 is 0 Å². The Hall–Kier alpha value is -5.09. The molecule has 60 heavy (non-hydrogen) atoms. The summed E-state index contributed by atoms with van der Waals surface area (Å²) in [5.41, 5.74) is 13.7. The Morgan fingerprint density at radius 2 is 0.867 bits per heavy atom. The Kier molecular flexibility index (Phi) is 13.5. The minimum atomic E-state index is -0.509. The first-order valence-electron chi connectivity index (χ1n) is 21.5. The number of carbonyl (C=O) groups excluding carboxylic acids is 1. The number of carbonyl (C=O) groups is 1. The summed E-state index contributed by atoms with van der Waals surface area (Å²) in [7, 11) is 0. The number of benzene rings is 6. The quantitative estimate of drug-likeness (QED) is 0.113. The van der Waals surface area contributed by atoms with Crippen LogP contribution in [0.25, 0.3) is 5.32 Å². The van der Waals surface area contributed by atoms with Gasteiger partial charge in [-0.1, -0.05) is 201 Å². The molecule has 0 aromatic heterocycles. The number of anilines is 2. The molecule has 2 heterocycles. The largest absolute Gasteiger partial charge is 2.00 e. The molecule has 1 amide bonds. The third kappa shape index (κ3) is 8.19. The molecule has 0 spiro atoms. The molecule has 6 aromatic carbocycles. The van der Waals surface area contributed by atoms with E-state index in [-0.39, 0.29) is 28.4 Å². The molecule has 1 saturated heterocycles. The van der Waals surface area contributed by atoms with Crippen molar-refractivity contribution < 1.29 is 21.9 Å². The van der Waals surface area contributed by atoms with Crippen molar-refractivity contribution in [1.29, 1.82) is 0 Å². The fourth-order valence-electron chi connectivity index (χ4n) is 9.20. The Labute approximate surface area is 370 Å². The predicted molar refractivity (Wildman–Crippen MR) is 250 cm³/mol. The Morgan fingerprint density at radius 1 is 0.500 bits per heavy atom. The Balaban J connectivity index is 0.000000202. The number of hydrogen-bond donors (Lipinski definition) is 0. The van der Waals surface area contributed by atoms with Crippen molar-refractivity contribution in [1.82, 2.24) is 0 Å². The summed E-state index contributed by atoms with van der Waals surface area (Å²) >= 11 is 0. The van der Waals surface area contributed by atoms with Crippen LogP contribution in [-0.2, 0) is 27.3 Å². The average Bonchev–Trinajstić information content (AvgIpc) is 3.24. The van der Waals surface area contributed by atoms with E-state index in [1.807, 2.05) is 4.90 Å². The van der Waals surface area contributed by atoms with Crippen molar-refractivity contribution in [2.45, 2.75) is 98.3 Å². The molecule has 4 nitrogen and oxygen atoms in total. The first kappa shape index (κ1) is 44.5. The summed E-state index contributed by atoms with van der Waals surface area (Å²) in [5.74, 6) is 1.62. The van der Waals surface area contributed by atoms with Crippen LogP contribution in [0.15, 0.2) is 146 Å². The molecule has 1 fully saturated rings. The molecule has 6 aromatic rings. The van der Waals surface area contributed by atoms with E-state index in [0.717, 1.165) is 17.1 Å². The molecule has 8 rings (SSSR count). The predicted octanol–water partition coefficient (Wildman–Crippen LogP) is 14.9. The monoisotopic (exact) mass is 842 g/mol. The smallest absolute Gasteiger partial charge is 0.657 e. The summed E-state index contributed by atoms with van der Waals surface area (Å²) in [6, 6.07) is 51.7. The van der Waals surface area contributed by atoms with Crippen molar-refractivity contribution >= 4 is 28.7 Å². The van der Waals surface area contributed by atoms with Gasteiger partial charge in [-0.15, -0.1) is 18.0 Å². The number of amides is 1. The van der Waals surface area contributed by atoms with Gasteiger partial charge in [0.25, 0.3) is 0 Å². The van der Waals surface area contributed by atoms with Crippen molar-refractivity contribution in [2.75, 3.05) is 16.3 Å². The molecular formula is C55H61CuN3O. The molecule has 1 radical (unpaired) electrons. The molecule has 313 valence electrons.